The first kappa shape index (κ1) is 15.0. The van der Waals surface area contributed by atoms with Gasteiger partial charge in [0, 0.05) is 25.3 Å². The van der Waals surface area contributed by atoms with Crippen LogP contribution in [0.5, 0.6) is 0 Å². The zero-order chi connectivity index (χ0) is 14.2. The van der Waals surface area contributed by atoms with Crippen LogP contribution in [0.25, 0.3) is 0 Å². The van der Waals surface area contributed by atoms with Gasteiger partial charge in [-0.1, -0.05) is 0 Å². The number of hydrogen-bond acceptors (Lipinski definition) is 3. The quantitative estimate of drug-likeness (QED) is 0.749. The molecule has 2 rings (SSSR count). The first-order valence-electron chi connectivity index (χ1n) is 7.02. The van der Waals surface area contributed by atoms with Crippen molar-refractivity contribution >= 4 is 17.0 Å². The molecule has 0 radical (unpaired) electrons. The maximum Gasteiger partial charge on any atom is 0.123 e. The van der Waals surface area contributed by atoms with Crippen molar-refractivity contribution in [3.8, 4) is 0 Å². The molecule has 0 spiro atoms. The minimum absolute atomic E-state index is 0.182. The second-order valence-corrected chi connectivity index (χ2v) is 5.47. The molecule has 0 aliphatic heterocycles. The van der Waals surface area contributed by atoms with Gasteiger partial charge in [0.25, 0.3) is 0 Å². The van der Waals surface area contributed by atoms with Crippen molar-refractivity contribution in [1.29, 1.82) is 0 Å². The van der Waals surface area contributed by atoms with Crippen molar-refractivity contribution in [1.82, 2.24) is 5.32 Å². The molecule has 108 valence electrons. The topological polar surface area (TPSA) is 15.3 Å². The van der Waals surface area contributed by atoms with Gasteiger partial charge in [0.05, 0.1) is 0 Å². The summed E-state index contributed by atoms with van der Waals surface area (Å²) in [5, 5.41) is 7.77. The van der Waals surface area contributed by atoms with Gasteiger partial charge in [0.1, 0.15) is 5.82 Å². The van der Waals surface area contributed by atoms with E-state index in [1.54, 1.807) is 11.3 Å². The first-order valence-corrected chi connectivity index (χ1v) is 7.96. The second-order valence-electron chi connectivity index (χ2n) is 4.69. The van der Waals surface area contributed by atoms with Crippen molar-refractivity contribution in [3.63, 3.8) is 0 Å². The van der Waals surface area contributed by atoms with Crippen molar-refractivity contribution in [2.75, 3.05) is 31.1 Å². The van der Waals surface area contributed by atoms with Gasteiger partial charge < -0.3 is 10.2 Å². The molecule has 0 amide bonds. The summed E-state index contributed by atoms with van der Waals surface area (Å²) in [6.07, 6.45) is 1.08. The summed E-state index contributed by atoms with van der Waals surface area (Å²) in [5.74, 6) is -0.182. The number of hydrogen-bond donors (Lipinski definition) is 1. The average Bonchev–Trinajstić information content (AvgIpc) is 2.97. The Morgan fingerprint density at radius 2 is 1.95 bits per heavy atom. The second kappa shape index (κ2) is 8.02. The zero-order valence-corrected chi connectivity index (χ0v) is 12.6. The molecule has 0 bridgehead atoms. The van der Waals surface area contributed by atoms with Crippen LogP contribution >= 0.6 is 11.3 Å². The van der Waals surface area contributed by atoms with E-state index in [0.29, 0.717) is 0 Å². The van der Waals surface area contributed by atoms with E-state index in [1.165, 1.54) is 17.7 Å². The summed E-state index contributed by atoms with van der Waals surface area (Å²) in [6.45, 7) is 5.92. The fourth-order valence-electron chi connectivity index (χ4n) is 2.13. The van der Waals surface area contributed by atoms with Gasteiger partial charge in [0.15, 0.2) is 0 Å². The summed E-state index contributed by atoms with van der Waals surface area (Å²) in [7, 11) is 0. The minimum Gasteiger partial charge on any atom is -0.371 e. The number of anilines is 1. The Hall–Kier alpha value is -1.39. The maximum atomic E-state index is 12.9. The number of nitrogens with zero attached hydrogens (tertiary/aromatic N) is 1. The summed E-state index contributed by atoms with van der Waals surface area (Å²) in [6, 6.07) is 8.88. The van der Waals surface area contributed by atoms with Crippen LogP contribution in [0.2, 0.25) is 0 Å². The van der Waals surface area contributed by atoms with Crippen LogP contribution in [-0.2, 0) is 6.42 Å². The van der Waals surface area contributed by atoms with E-state index in [0.717, 1.165) is 38.3 Å². The molecule has 0 unspecified atom stereocenters. The molecule has 2 nitrogen and oxygen atoms in total. The highest BCUT2D eigenvalue weighted by atomic mass is 32.1. The molecule has 0 aliphatic rings. The van der Waals surface area contributed by atoms with Gasteiger partial charge in [-0.25, -0.2) is 4.39 Å². The Kier molecular flexibility index (Phi) is 6.02. The van der Waals surface area contributed by atoms with E-state index >= 15 is 0 Å². The third-order valence-electron chi connectivity index (χ3n) is 3.30. The van der Waals surface area contributed by atoms with Gasteiger partial charge >= 0.3 is 0 Å². The summed E-state index contributed by atoms with van der Waals surface area (Å²) >= 11 is 1.74. The van der Waals surface area contributed by atoms with Crippen molar-refractivity contribution in [3.05, 3.63) is 52.5 Å². The summed E-state index contributed by atoms with van der Waals surface area (Å²) in [4.78, 5) is 2.25. The molecular weight excluding hydrogens is 271 g/mol. The van der Waals surface area contributed by atoms with Gasteiger partial charge in [-0.3, -0.25) is 0 Å². The highest BCUT2D eigenvalue weighted by molar-refractivity contribution is 7.07. The normalized spacial score (nSPS) is 10.7. The summed E-state index contributed by atoms with van der Waals surface area (Å²) < 4.78 is 12.9. The monoisotopic (exact) mass is 292 g/mol. The smallest absolute Gasteiger partial charge is 0.123 e. The molecule has 0 saturated carbocycles. The number of nitrogens with one attached hydrogen (secondary N) is 1. The predicted molar refractivity (Wildman–Crippen MR) is 85.2 cm³/mol. The predicted octanol–water partition coefficient (Wildman–Crippen LogP) is 3.55. The number of benzene rings is 1. The average molecular weight is 292 g/mol. The molecule has 2 aromatic rings. The Bertz CT molecular complexity index is 482. The van der Waals surface area contributed by atoms with Crippen molar-refractivity contribution < 1.29 is 4.39 Å². The van der Waals surface area contributed by atoms with Crippen LogP contribution < -0.4 is 10.2 Å². The molecular formula is C16H21FN2S. The van der Waals surface area contributed by atoms with Crippen LogP contribution in [0.15, 0.2) is 41.1 Å². The number of rotatable bonds is 8. The van der Waals surface area contributed by atoms with E-state index in [2.05, 4.69) is 34.0 Å². The third-order valence-corrected chi connectivity index (χ3v) is 4.03. The Labute approximate surface area is 124 Å². The van der Waals surface area contributed by atoms with E-state index in [1.807, 2.05) is 12.1 Å². The Morgan fingerprint density at radius 1 is 1.15 bits per heavy atom. The van der Waals surface area contributed by atoms with Crippen LogP contribution in [0.3, 0.4) is 0 Å². The van der Waals surface area contributed by atoms with E-state index in [9.17, 15) is 4.39 Å². The molecule has 1 aromatic carbocycles. The number of thiophene rings is 1. The van der Waals surface area contributed by atoms with Gasteiger partial charge in [0.2, 0.25) is 0 Å². The maximum absolute atomic E-state index is 12.9. The lowest BCUT2D eigenvalue weighted by molar-refractivity contribution is 0.626. The van der Waals surface area contributed by atoms with Crippen LogP contribution in [0.4, 0.5) is 10.1 Å². The third kappa shape index (κ3) is 4.62. The molecule has 0 aliphatic carbocycles. The standard InChI is InChI=1S/C16H21FN2S/c1-2-19(16-5-3-15(17)4-6-16)11-10-18-9-7-14-8-12-20-13-14/h3-6,8,12-13,18H,2,7,9-11H2,1H3. The lowest BCUT2D eigenvalue weighted by Crippen LogP contribution is -2.32. The van der Waals surface area contributed by atoms with E-state index in [4.69, 9.17) is 0 Å². The largest absolute Gasteiger partial charge is 0.371 e. The molecule has 1 aromatic heterocycles. The fraction of sp³-hybridized carbons (Fsp3) is 0.375. The Morgan fingerprint density at radius 3 is 2.60 bits per heavy atom. The highest BCUT2D eigenvalue weighted by Gasteiger charge is 2.03. The number of halogens is 1. The fourth-order valence-corrected chi connectivity index (χ4v) is 2.83. The lowest BCUT2D eigenvalue weighted by atomic mass is 10.2. The van der Waals surface area contributed by atoms with Crippen molar-refractivity contribution in [2.45, 2.75) is 13.3 Å². The van der Waals surface area contributed by atoms with Crippen LogP contribution in [-0.4, -0.2) is 26.2 Å². The molecule has 20 heavy (non-hydrogen) atoms. The molecule has 0 atom stereocenters. The molecule has 1 N–H and O–H groups in total. The Balaban J connectivity index is 1.70. The molecule has 1 heterocycles. The van der Waals surface area contributed by atoms with Gasteiger partial charge in [-0.2, -0.15) is 11.3 Å². The van der Waals surface area contributed by atoms with Crippen molar-refractivity contribution in [2.24, 2.45) is 0 Å². The minimum atomic E-state index is -0.182. The van der Waals surface area contributed by atoms with E-state index in [-0.39, 0.29) is 5.82 Å². The highest BCUT2D eigenvalue weighted by Crippen LogP contribution is 2.13. The summed E-state index contributed by atoms with van der Waals surface area (Å²) in [5.41, 5.74) is 2.47. The van der Waals surface area contributed by atoms with Gasteiger partial charge in [-0.05, 0) is 66.5 Å². The SMILES string of the molecule is CCN(CCNCCc1ccsc1)c1ccc(F)cc1. The molecule has 0 saturated heterocycles. The zero-order valence-electron chi connectivity index (χ0n) is 11.8. The molecule has 4 heteroatoms. The van der Waals surface area contributed by atoms with Gasteiger partial charge in [-0.15, -0.1) is 0 Å². The van der Waals surface area contributed by atoms with E-state index < -0.39 is 0 Å². The first-order chi connectivity index (χ1) is 9.79. The van der Waals surface area contributed by atoms with Crippen LogP contribution in [0.1, 0.15) is 12.5 Å². The number of likely N-dealkylation sites (N-methyl/N-ethyl adjacent to an activating group) is 1. The van der Waals surface area contributed by atoms with Crippen LogP contribution in [0, 0.1) is 5.82 Å². The lowest BCUT2D eigenvalue weighted by Gasteiger charge is -2.23. The molecule has 0 fully saturated rings.